The van der Waals surface area contributed by atoms with Crippen LogP contribution in [-0.4, -0.2) is 16.5 Å². The monoisotopic (exact) mass is 235 g/mol. The SMILES string of the molecule is Cc1csc2c(NCC(C)(C)C)ncnc12. The van der Waals surface area contributed by atoms with Crippen LogP contribution in [0.5, 0.6) is 0 Å². The van der Waals surface area contributed by atoms with Crippen molar-refractivity contribution in [3.05, 3.63) is 17.3 Å². The van der Waals surface area contributed by atoms with E-state index in [1.807, 2.05) is 0 Å². The highest BCUT2D eigenvalue weighted by atomic mass is 32.1. The standard InChI is InChI=1S/C12H17N3S/c1-8-5-16-10-9(8)14-7-15-11(10)13-6-12(2,3)4/h5,7H,6H2,1-4H3,(H,13,14,15). The van der Waals surface area contributed by atoms with E-state index in [2.05, 4.69) is 48.4 Å². The van der Waals surface area contributed by atoms with Crippen molar-refractivity contribution >= 4 is 27.4 Å². The number of anilines is 1. The lowest BCUT2D eigenvalue weighted by Gasteiger charge is -2.19. The first kappa shape index (κ1) is 11.3. The van der Waals surface area contributed by atoms with E-state index >= 15 is 0 Å². The fourth-order valence-corrected chi connectivity index (χ4v) is 2.41. The average Bonchev–Trinajstić information content (AvgIpc) is 2.57. The highest BCUT2D eigenvalue weighted by Gasteiger charge is 2.12. The summed E-state index contributed by atoms with van der Waals surface area (Å²) in [5.74, 6) is 0.957. The minimum atomic E-state index is 0.254. The highest BCUT2D eigenvalue weighted by molar-refractivity contribution is 7.18. The van der Waals surface area contributed by atoms with E-state index in [9.17, 15) is 0 Å². The maximum Gasteiger partial charge on any atom is 0.147 e. The quantitative estimate of drug-likeness (QED) is 0.866. The Bertz CT molecular complexity index is 496. The molecule has 0 fully saturated rings. The topological polar surface area (TPSA) is 37.8 Å². The van der Waals surface area contributed by atoms with Crippen LogP contribution in [0.4, 0.5) is 5.82 Å². The zero-order valence-electron chi connectivity index (χ0n) is 10.2. The van der Waals surface area contributed by atoms with Crippen molar-refractivity contribution in [3.8, 4) is 0 Å². The zero-order chi connectivity index (χ0) is 11.8. The van der Waals surface area contributed by atoms with Gasteiger partial charge in [-0.1, -0.05) is 20.8 Å². The first-order valence-corrected chi connectivity index (χ1v) is 6.28. The van der Waals surface area contributed by atoms with Gasteiger partial charge in [0.25, 0.3) is 0 Å². The van der Waals surface area contributed by atoms with Crippen LogP contribution in [-0.2, 0) is 0 Å². The molecule has 4 heteroatoms. The van der Waals surface area contributed by atoms with Crippen molar-refractivity contribution in [2.24, 2.45) is 5.41 Å². The molecular weight excluding hydrogens is 218 g/mol. The average molecular weight is 235 g/mol. The second-order valence-corrected chi connectivity index (χ2v) is 6.11. The summed E-state index contributed by atoms with van der Waals surface area (Å²) >= 11 is 1.70. The Morgan fingerprint density at radius 2 is 2.06 bits per heavy atom. The molecule has 3 nitrogen and oxygen atoms in total. The van der Waals surface area contributed by atoms with Crippen molar-refractivity contribution in [1.29, 1.82) is 0 Å². The van der Waals surface area contributed by atoms with E-state index in [0.29, 0.717) is 0 Å². The van der Waals surface area contributed by atoms with Gasteiger partial charge in [0.05, 0.1) is 10.2 Å². The van der Waals surface area contributed by atoms with Gasteiger partial charge in [0, 0.05) is 6.54 Å². The van der Waals surface area contributed by atoms with E-state index < -0.39 is 0 Å². The number of nitrogens with zero attached hydrogens (tertiary/aromatic N) is 2. The smallest absolute Gasteiger partial charge is 0.147 e. The summed E-state index contributed by atoms with van der Waals surface area (Å²) in [6.07, 6.45) is 1.63. The summed E-state index contributed by atoms with van der Waals surface area (Å²) in [5.41, 5.74) is 2.54. The van der Waals surface area contributed by atoms with Gasteiger partial charge in [0.2, 0.25) is 0 Å². The van der Waals surface area contributed by atoms with Crippen LogP contribution in [0, 0.1) is 12.3 Å². The molecule has 2 heterocycles. The van der Waals surface area contributed by atoms with Crippen LogP contribution in [0.1, 0.15) is 26.3 Å². The Morgan fingerprint density at radius 1 is 1.31 bits per heavy atom. The molecule has 2 aromatic heterocycles. The van der Waals surface area contributed by atoms with Gasteiger partial charge < -0.3 is 5.32 Å². The number of aryl methyl sites for hydroxylation is 1. The molecule has 0 amide bonds. The third kappa shape index (κ3) is 2.32. The van der Waals surface area contributed by atoms with Crippen LogP contribution in [0.15, 0.2) is 11.7 Å². The minimum absolute atomic E-state index is 0.254. The van der Waals surface area contributed by atoms with Gasteiger partial charge in [0.1, 0.15) is 12.1 Å². The third-order valence-electron chi connectivity index (χ3n) is 2.32. The number of hydrogen-bond donors (Lipinski definition) is 1. The molecule has 16 heavy (non-hydrogen) atoms. The van der Waals surface area contributed by atoms with Crippen molar-refractivity contribution in [1.82, 2.24) is 9.97 Å². The molecule has 0 saturated heterocycles. The summed E-state index contributed by atoms with van der Waals surface area (Å²) in [6.45, 7) is 9.61. The first-order chi connectivity index (χ1) is 7.47. The molecule has 2 rings (SSSR count). The van der Waals surface area contributed by atoms with E-state index in [1.165, 1.54) is 5.56 Å². The molecule has 86 valence electrons. The van der Waals surface area contributed by atoms with Crippen LogP contribution >= 0.6 is 11.3 Å². The van der Waals surface area contributed by atoms with Crippen molar-refractivity contribution in [2.75, 3.05) is 11.9 Å². The third-order valence-corrected chi connectivity index (χ3v) is 3.41. The molecule has 0 unspecified atom stereocenters. The van der Waals surface area contributed by atoms with Crippen molar-refractivity contribution in [3.63, 3.8) is 0 Å². The van der Waals surface area contributed by atoms with Gasteiger partial charge in [-0.2, -0.15) is 0 Å². The van der Waals surface area contributed by atoms with E-state index in [-0.39, 0.29) is 5.41 Å². The molecule has 0 aromatic carbocycles. The summed E-state index contributed by atoms with van der Waals surface area (Å²) < 4.78 is 1.16. The van der Waals surface area contributed by atoms with Crippen LogP contribution in [0.2, 0.25) is 0 Å². The lowest BCUT2D eigenvalue weighted by molar-refractivity contribution is 0.442. The Kier molecular flexibility index (Phi) is 2.84. The molecule has 2 aromatic rings. The predicted octanol–water partition coefficient (Wildman–Crippen LogP) is 3.46. The van der Waals surface area contributed by atoms with Gasteiger partial charge in [-0.25, -0.2) is 9.97 Å². The summed E-state index contributed by atoms with van der Waals surface area (Å²) in [6, 6.07) is 0. The Morgan fingerprint density at radius 3 is 2.75 bits per heavy atom. The van der Waals surface area contributed by atoms with Gasteiger partial charge in [0.15, 0.2) is 0 Å². The number of aromatic nitrogens is 2. The fourth-order valence-electron chi connectivity index (χ4n) is 1.44. The van der Waals surface area contributed by atoms with Gasteiger partial charge >= 0.3 is 0 Å². The Balaban J connectivity index is 2.31. The molecule has 0 atom stereocenters. The largest absolute Gasteiger partial charge is 0.368 e. The molecule has 1 N–H and O–H groups in total. The highest BCUT2D eigenvalue weighted by Crippen LogP contribution is 2.29. The number of nitrogens with one attached hydrogen (secondary N) is 1. The van der Waals surface area contributed by atoms with Crippen LogP contribution in [0.3, 0.4) is 0 Å². The minimum Gasteiger partial charge on any atom is -0.368 e. The lowest BCUT2D eigenvalue weighted by Crippen LogP contribution is -2.19. The Labute approximate surface area is 99.9 Å². The maximum atomic E-state index is 4.31. The van der Waals surface area contributed by atoms with Crippen LogP contribution in [0.25, 0.3) is 10.2 Å². The molecule has 0 aliphatic rings. The molecule has 0 aliphatic heterocycles. The normalized spacial score (nSPS) is 12.0. The molecule has 0 bridgehead atoms. The number of thiophene rings is 1. The van der Waals surface area contributed by atoms with E-state index in [4.69, 9.17) is 0 Å². The molecule has 0 aliphatic carbocycles. The zero-order valence-corrected chi connectivity index (χ0v) is 11.0. The van der Waals surface area contributed by atoms with Crippen LogP contribution < -0.4 is 5.32 Å². The number of rotatable bonds is 2. The maximum absolute atomic E-state index is 4.31. The van der Waals surface area contributed by atoms with Gasteiger partial charge in [-0.05, 0) is 23.3 Å². The number of fused-ring (bicyclic) bond motifs is 1. The second kappa shape index (κ2) is 4.01. The number of hydrogen-bond acceptors (Lipinski definition) is 4. The molecular formula is C12H17N3S. The summed E-state index contributed by atoms with van der Waals surface area (Å²) in [4.78, 5) is 8.62. The van der Waals surface area contributed by atoms with E-state index in [1.54, 1.807) is 17.7 Å². The lowest BCUT2D eigenvalue weighted by atomic mass is 9.97. The summed E-state index contributed by atoms with van der Waals surface area (Å²) in [5, 5.41) is 5.53. The Hall–Kier alpha value is -1.16. The second-order valence-electron chi connectivity index (χ2n) is 5.23. The molecule has 0 saturated carbocycles. The first-order valence-electron chi connectivity index (χ1n) is 5.40. The van der Waals surface area contributed by atoms with Crippen molar-refractivity contribution < 1.29 is 0 Å². The van der Waals surface area contributed by atoms with Gasteiger partial charge in [-0.3, -0.25) is 0 Å². The summed E-state index contributed by atoms with van der Waals surface area (Å²) in [7, 11) is 0. The van der Waals surface area contributed by atoms with Gasteiger partial charge in [-0.15, -0.1) is 11.3 Å². The van der Waals surface area contributed by atoms with E-state index in [0.717, 1.165) is 22.6 Å². The molecule has 0 spiro atoms. The molecule has 0 radical (unpaired) electrons. The predicted molar refractivity (Wildman–Crippen MR) is 70.1 cm³/mol. The fraction of sp³-hybridized carbons (Fsp3) is 0.500. The van der Waals surface area contributed by atoms with Crippen molar-refractivity contribution in [2.45, 2.75) is 27.7 Å².